The van der Waals surface area contributed by atoms with Gasteiger partial charge in [0.25, 0.3) is 0 Å². The summed E-state index contributed by atoms with van der Waals surface area (Å²) in [6.45, 7) is 4.68. The van der Waals surface area contributed by atoms with Gasteiger partial charge in [0.2, 0.25) is 0 Å². The van der Waals surface area contributed by atoms with Crippen molar-refractivity contribution in [3.8, 4) is 33.8 Å². The predicted molar refractivity (Wildman–Crippen MR) is 168 cm³/mol. The Labute approximate surface area is 241 Å². The summed E-state index contributed by atoms with van der Waals surface area (Å²) in [6, 6.07) is 52.7. The first-order chi connectivity index (χ1) is 20.1. The largest absolute Gasteiger partial charge is 0.457 e. The van der Waals surface area contributed by atoms with Crippen molar-refractivity contribution in [3.05, 3.63) is 179 Å². The van der Waals surface area contributed by atoms with Gasteiger partial charge < -0.3 is 4.74 Å². The van der Waals surface area contributed by atoms with E-state index in [-0.39, 0.29) is 10.8 Å². The summed E-state index contributed by atoms with van der Waals surface area (Å²) in [5, 5.41) is 0. The van der Waals surface area contributed by atoms with E-state index in [4.69, 9.17) is 4.74 Å². The fourth-order valence-electron chi connectivity index (χ4n) is 7.28. The highest BCUT2D eigenvalue weighted by molar-refractivity contribution is 5.86. The number of hydrogen-bond donors (Lipinski definition) is 0. The first kappa shape index (κ1) is 24.0. The van der Waals surface area contributed by atoms with Gasteiger partial charge in [0.1, 0.15) is 11.5 Å². The van der Waals surface area contributed by atoms with Crippen LogP contribution < -0.4 is 4.74 Å². The van der Waals surface area contributed by atoms with Gasteiger partial charge in [-0.3, -0.25) is 0 Å². The van der Waals surface area contributed by atoms with Crippen LogP contribution in [0.15, 0.2) is 146 Å². The molecule has 1 heteroatoms. The molecule has 6 aromatic rings. The molecule has 8 rings (SSSR count). The third kappa shape index (κ3) is 3.36. The van der Waals surface area contributed by atoms with Crippen LogP contribution in [0.5, 0.6) is 11.5 Å². The summed E-state index contributed by atoms with van der Waals surface area (Å²) < 4.78 is 6.60. The molecule has 0 radical (unpaired) electrons. The molecule has 0 spiro atoms. The fourth-order valence-corrected chi connectivity index (χ4v) is 7.28. The molecular weight excluding hydrogens is 496 g/mol. The van der Waals surface area contributed by atoms with Crippen molar-refractivity contribution in [2.75, 3.05) is 0 Å². The zero-order valence-corrected chi connectivity index (χ0v) is 23.3. The molecule has 0 saturated heterocycles. The second kappa shape index (κ2) is 8.81. The molecule has 0 saturated carbocycles. The Hall–Kier alpha value is -4.88. The Bertz CT molecular complexity index is 1940. The van der Waals surface area contributed by atoms with Gasteiger partial charge in [-0.05, 0) is 76.6 Å². The third-order valence-corrected chi connectivity index (χ3v) is 9.52. The monoisotopic (exact) mass is 526 g/mol. The number of rotatable bonds is 3. The van der Waals surface area contributed by atoms with Crippen molar-refractivity contribution in [3.63, 3.8) is 0 Å². The molecule has 1 aliphatic heterocycles. The molecule has 196 valence electrons. The average molecular weight is 527 g/mol. The normalized spacial score (nSPS) is 19.9. The van der Waals surface area contributed by atoms with E-state index in [1.807, 2.05) is 0 Å². The van der Waals surface area contributed by atoms with E-state index < -0.39 is 0 Å². The van der Waals surface area contributed by atoms with Gasteiger partial charge in [-0.1, -0.05) is 127 Å². The van der Waals surface area contributed by atoms with E-state index in [0.29, 0.717) is 0 Å². The maximum Gasteiger partial charge on any atom is 0.132 e. The van der Waals surface area contributed by atoms with Gasteiger partial charge >= 0.3 is 0 Å². The fraction of sp³-hybridized carbons (Fsp3) is 0.100. The molecule has 0 bridgehead atoms. The highest BCUT2D eigenvalue weighted by Crippen LogP contribution is 2.54. The van der Waals surface area contributed by atoms with Crippen LogP contribution in [-0.2, 0) is 10.8 Å². The summed E-state index contributed by atoms with van der Waals surface area (Å²) >= 11 is 0. The molecule has 2 atom stereocenters. The number of ether oxygens (including phenoxy) is 1. The first-order valence-corrected chi connectivity index (χ1v) is 14.4. The van der Waals surface area contributed by atoms with Crippen LogP contribution in [-0.4, -0.2) is 0 Å². The SMILES string of the molecule is CC1(c2ccccc2)c2ccccc2Oc2cc(-c3ccc4c(c3)-c3ccccc3C4(C)c3ccccc3)ccc21. The van der Waals surface area contributed by atoms with Crippen LogP contribution >= 0.6 is 0 Å². The summed E-state index contributed by atoms with van der Waals surface area (Å²) in [5.41, 5.74) is 12.2. The van der Waals surface area contributed by atoms with E-state index in [2.05, 4.69) is 159 Å². The van der Waals surface area contributed by atoms with Gasteiger partial charge in [-0.2, -0.15) is 0 Å². The van der Waals surface area contributed by atoms with Crippen LogP contribution in [0.1, 0.15) is 47.2 Å². The van der Waals surface area contributed by atoms with Crippen molar-refractivity contribution in [1.82, 2.24) is 0 Å². The van der Waals surface area contributed by atoms with E-state index in [9.17, 15) is 0 Å². The third-order valence-electron chi connectivity index (χ3n) is 9.52. The average Bonchev–Trinajstić information content (AvgIpc) is 3.30. The minimum atomic E-state index is -0.307. The zero-order valence-electron chi connectivity index (χ0n) is 23.3. The standard InChI is InChI=1S/C40H30O/c1-39(29-13-5-3-6-14-29)33-18-10-9-17-31(33)32-25-27(21-23-34(32)39)28-22-24-36-38(26-28)41-37-20-12-11-19-35(37)40(36,2)30-15-7-4-8-16-30/h3-26H,1-2H3. The molecule has 2 unspecified atom stereocenters. The Morgan fingerprint density at radius 3 is 1.59 bits per heavy atom. The highest BCUT2D eigenvalue weighted by atomic mass is 16.5. The van der Waals surface area contributed by atoms with Gasteiger partial charge in [0, 0.05) is 22.0 Å². The molecule has 0 aromatic heterocycles. The maximum absolute atomic E-state index is 6.60. The maximum atomic E-state index is 6.60. The van der Waals surface area contributed by atoms with E-state index in [1.165, 1.54) is 50.1 Å². The van der Waals surface area contributed by atoms with E-state index in [1.54, 1.807) is 0 Å². The summed E-state index contributed by atoms with van der Waals surface area (Å²) in [7, 11) is 0. The van der Waals surface area contributed by atoms with Crippen LogP contribution in [0, 0.1) is 0 Å². The molecule has 1 aliphatic carbocycles. The van der Waals surface area contributed by atoms with Gasteiger partial charge in [0.05, 0.1) is 0 Å². The molecular formula is C40H30O. The molecule has 6 aromatic carbocycles. The molecule has 0 N–H and O–H groups in total. The topological polar surface area (TPSA) is 9.23 Å². The molecule has 41 heavy (non-hydrogen) atoms. The first-order valence-electron chi connectivity index (χ1n) is 14.4. The minimum absolute atomic E-state index is 0.189. The lowest BCUT2D eigenvalue weighted by Gasteiger charge is -2.38. The number of hydrogen-bond acceptors (Lipinski definition) is 1. The number of fused-ring (bicyclic) bond motifs is 5. The number of benzene rings is 6. The second-order valence-corrected chi connectivity index (χ2v) is 11.6. The molecule has 1 heterocycles. The van der Waals surface area contributed by atoms with Gasteiger partial charge in [0.15, 0.2) is 0 Å². The summed E-state index contributed by atoms with van der Waals surface area (Å²) in [5.74, 6) is 1.84. The molecule has 1 nitrogen and oxygen atoms in total. The van der Waals surface area contributed by atoms with Crippen LogP contribution in [0.2, 0.25) is 0 Å². The zero-order chi connectivity index (χ0) is 27.6. The van der Waals surface area contributed by atoms with Crippen molar-refractivity contribution in [2.24, 2.45) is 0 Å². The predicted octanol–water partition coefficient (Wildman–Crippen LogP) is 10.1. The second-order valence-electron chi connectivity index (χ2n) is 11.6. The lowest BCUT2D eigenvalue weighted by atomic mass is 9.69. The van der Waals surface area contributed by atoms with Gasteiger partial charge in [-0.25, -0.2) is 0 Å². The Morgan fingerprint density at radius 2 is 0.878 bits per heavy atom. The quantitative estimate of drug-likeness (QED) is 0.223. The van der Waals surface area contributed by atoms with Crippen molar-refractivity contribution >= 4 is 0 Å². The lowest BCUT2D eigenvalue weighted by molar-refractivity contribution is 0.427. The molecule has 0 fully saturated rings. The van der Waals surface area contributed by atoms with Crippen LogP contribution in [0.4, 0.5) is 0 Å². The van der Waals surface area contributed by atoms with Crippen LogP contribution in [0.3, 0.4) is 0 Å². The Balaban J connectivity index is 1.28. The van der Waals surface area contributed by atoms with Gasteiger partial charge in [-0.15, -0.1) is 0 Å². The van der Waals surface area contributed by atoms with Crippen LogP contribution in [0.25, 0.3) is 22.3 Å². The number of para-hydroxylation sites is 1. The van der Waals surface area contributed by atoms with Crippen molar-refractivity contribution in [2.45, 2.75) is 24.7 Å². The van der Waals surface area contributed by atoms with E-state index >= 15 is 0 Å². The minimum Gasteiger partial charge on any atom is -0.457 e. The summed E-state index contributed by atoms with van der Waals surface area (Å²) in [6.07, 6.45) is 0. The highest BCUT2D eigenvalue weighted by Gasteiger charge is 2.41. The van der Waals surface area contributed by atoms with Crippen molar-refractivity contribution in [1.29, 1.82) is 0 Å². The Kier molecular flexibility index (Phi) is 5.15. The Morgan fingerprint density at radius 1 is 0.390 bits per heavy atom. The lowest BCUT2D eigenvalue weighted by Crippen LogP contribution is -2.29. The van der Waals surface area contributed by atoms with Crippen molar-refractivity contribution < 1.29 is 4.74 Å². The molecule has 2 aliphatic rings. The smallest absolute Gasteiger partial charge is 0.132 e. The molecule has 0 amide bonds. The summed E-state index contributed by atoms with van der Waals surface area (Å²) in [4.78, 5) is 0. The van der Waals surface area contributed by atoms with E-state index in [0.717, 1.165) is 17.1 Å².